The first-order valence-electron chi connectivity index (χ1n) is 5.37. The summed E-state index contributed by atoms with van der Waals surface area (Å²) >= 11 is 0. The lowest BCUT2D eigenvalue weighted by atomic mass is 10.0. The summed E-state index contributed by atoms with van der Waals surface area (Å²) in [7, 11) is 0. The van der Waals surface area contributed by atoms with Gasteiger partial charge in [0.15, 0.2) is 0 Å². The molecule has 0 saturated heterocycles. The topological polar surface area (TPSA) is 96.5 Å². The summed E-state index contributed by atoms with van der Waals surface area (Å²) in [6.45, 7) is -1.47. The Hall–Kier alpha value is -1.52. The molecule has 0 heterocycles. The molecule has 6 heteroatoms. The van der Waals surface area contributed by atoms with Crippen molar-refractivity contribution in [1.82, 2.24) is 5.32 Å². The predicted octanol–water partition coefficient (Wildman–Crippen LogP) is -0.497. The van der Waals surface area contributed by atoms with Crippen LogP contribution in [-0.2, 0) is 6.54 Å². The summed E-state index contributed by atoms with van der Waals surface area (Å²) in [4.78, 5) is 0. The zero-order valence-corrected chi connectivity index (χ0v) is 9.73. The number of nitrogens with one attached hydrogen (secondary N) is 1. The fourth-order valence-electron chi connectivity index (χ4n) is 1.40. The Morgan fingerprint density at radius 2 is 1.83 bits per heavy atom. The van der Waals surface area contributed by atoms with Gasteiger partial charge in [0.1, 0.15) is 11.9 Å². The first-order chi connectivity index (χ1) is 8.62. The molecule has 0 radical (unpaired) electrons. The highest BCUT2D eigenvalue weighted by Gasteiger charge is 2.27. The van der Waals surface area contributed by atoms with E-state index in [1.54, 1.807) is 6.07 Å². The van der Waals surface area contributed by atoms with Gasteiger partial charge in [0.05, 0.1) is 30.9 Å². The van der Waals surface area contributed by atoms with Gasteiger partial charge in [0, 0.05) is 12.1 Å². The lowest BCUT2D eigenvalue weighted by molar-refractivity contribution is 0.0412. The average Bonchev–Trinajstić information content (AvgIpc) is 2.42. The van der Waals surface area contributed by atoms with E-state index in [1.165, 1.54) is 18.2 Å². The summed E-state index contributed by atoms with van der Waals surface area (Å²) in [6, 6.07) is 6.11. The van der Waals surface area contributed by atoms with Crippen LogP contribution in [0.4, 0.5) is 4.39 Å². The molecule has 4 N–H and O–H groups in total. The minimum Gasteiger partial charge on any atom is -0.394 e. The first-order valence-corrected chi connectivity index (χ1v) is 5.37. The van der Waals surface area contributed by atoms with E-state index in [-0.39, 0.29) is 17.7 Å². The SMILES string of the molecule is N#Cc1cccc(CNC(CO)(CO)CO)c1F. The molecule has 0 aromatic heterocycles. The largest absolute Gasteiger partial charge is 0.394 e. The molecule has 0 aliphatic carbocycles. The number of hydrogen-bond acceptors (Lipinski definition) is 5. The van der Waals surface area contributed by atoms with Crippen LogP contribution in [0.3, 0.4) is 0 Å². The standard InChI is InChI=1S/C12H15FN2O3/c13-11-9(4-14)2-1-3-10(11)5-15-12(6-16,7-17)8-18/h1-3,15-18H,5-8H2. The van der Waals surface area contributed by atoms with Gasteiger partial charge in [0.2, 0.25) is 0 Å². The van der Waals surface area contributed by atoms with Crippen LogP contribution in [-0.4, -0.2) is 40.7 Å². The quantitative estimate of drug-likeness (QED) is 0.549. The van der Waals surface area contributed by atoms with Crippen molar-refractivity contribution in [2.45, 2.75) is 12.1 Å². The molecule has 5 nitrogen and oxygen atoms in total. The van der Waals surface area contributed by atoms with Crippen molar-refractivity contribution in [3.63, 3.8) is 0 Å². The van der Waals surface area contributed by atoms with Crippen molar-refractivity contribution >= 4 is 0 Å². The van der Waals surface area contributed by atoms with Crippen LogP contribution in [0.1, 0.15) is 11.1 Å². The Bertz CT molecular complexity index is 433. The number of hydrogen-bond donors (Lipinski definition) is 4. The third kappa shape index (κ3) is 3.03. The number of aliphatic hydroxyl groups excluding tert-OH is 3. The van der Waals surface area contributed by atoms with Gasteiger partial charge < -0.3 is 20.6 Å². The summed E-state index contributed by atoms with van der Waals surface area (Å²) in [5.74, 6) is -0.643. The molecule has 0 atom stereocenters. The highest BCUT2D eigenvalue weighted by molar-refractivity contribution is 5.34. The van der Waals surface area contributed by atoms with Gasteiger partial charge in [-0.2, -0.15) is 5.26 Å². The minimum absolute atomic E-state index is 0.0109. The number of aliphatic hydroxyl groups is 3. The zero-order chi connectivity index (χ0) is 13.6. The van der Waals surface area contributed by atoms with E-state index in [1.807, 2.05) is 0 Å². The highest BCUT2D eigenvalue weighted by Crippen LogP contribution is 2.13. The maximum Gasteiger partial charge on any atom is 0.145 e. The molecule has 0 saturated carbocycles. The lowest BCUT2D eigenvalue weighted by Crippen LogP contribution is -2.54. The van der Waals surface area contributed by atoms with Crippen molar-refractivity contribution in [3.8, 4) is 6.07 Å². The van der Waals surface area contributed by atoms with E-state index in [2.05, 4.69) is 5.32 Å². The van der Waals surface area contributed by atoms with Crippen LogP contribution in [0.15, 0.2) is 18.2 Å². The molecule has 0 aliphatic heterocycles. The fraction of sp³-hybridized carbons (Fsp3) is 0.417. The molecule has 18 heavy (non-hydrogen) atoms. The van der Waals surface area contributed by atoms with E-state index in [4.69, 9.17) is 20.6 Å². The molecule has 0 amide bonds. The van der Waals surface area contributed by atoms with Crippen molar-refractivity contribution in [2.75, 3.05) is 19.8 Å². The predicted molar refractivity (Wildman–Crippen MR) is 61.9 cm³/mol. The fourth-order valence-corrected chi connectivity index (χ4v) is 1.40. The van der Waals surface area contributed by atoms with E-state index in [0.717, 1.165) is 0 Å². The van der Waals surface area contributed by atoms with Crippen LogP contribution < -0.4 is 5.32 Å². The van der Waals surface area contributed by atoms with Gasteiger partial charge in [-0.05, 0) is 6.07 Å². The highest BCUT2D eigenvalue weighted by atomic mass is 19.1. The van der Waals surface area contributed by atoms with Gasteiger partial charge in [-0.15, -0.1) is 0 Å². The maximum atomic E-state index is 13.7. The van der Waals surface area contributed by atoms with E-state index in [0.29, 0.717) is 0 Å². The van der Waals surface area contributed by atoms with Crippen LogP contribution in [0.2, 0.25) is 0 Å². The van der Waals surface area contributed by atoms with E-state index in [9.17, 15) is 4.39 Å². The Balaban J connectivity index is 2.84. The molecule has 0 bridgehead atoms. The van der Waals surface area contributed by atoms with E-state index < -0.39 is 31.2 Å². The van der Waals surface area contributed by atoms with Gasteiger partial charge in [0.25, 0.3) is 0 Å². The molecule has 0 spiro atoms. The Morgan fingerprint density at radius 1 is 1.22 bits per heavy atom. The second-order valence-electron chi connectivity index (χ2n) is 4.00. The Kier molecular flexibility index (Phi) is 5.19. The molecule has 0 unspecified atom stereocenters. The molecule has 0 aliphatic rings. The van der Waals surface area contributed by atoms with Gasteiger partial charge in [-0.1, -0.05) is 12.1 Å². The first kappa shape index (κ1) is 14.5. The van der Waals surface area contributed by atoms with Crippen molar-refractivity contribution in [1.29, 1.82) is 5.26 Å². The van der Waals surface area contributed by atoms with Crippen LogP contribution in [0.25, 0.3) is 0 Å². The smallest absolute Gasteiger partial charge is 0.145 e. The number of nitriles is 1. The van der Waals surface area contributed by atoms with Crippen molar-refractivity contribution in [2.24, 2.45) is 0 Å². The van der Waals surface area contributed by atoms with Crippen LogP contribution in [0, 0.1) is 17.1 Å². The van der Waals surface area contributed by atoms with Gasteiger partial charge >= 0.3 is 0 Å². The maximum absolute atomic E-state index is 13.7. The summed E-state index contributed by atoms with van der Waals surface area (Å²) in [6.07, 6.45) is 0. The van der Waals surface area contributed by atoms with Gasteiger partial charge in [-0.3, -0.25) is 0 Å². The number of rotatable bonds is 6. The summed E-state index contributed by atoms with van der Waals surface area (Å²) in [5, 5.41) is 38.7. The Labute approximate surface area is 104 Å². The van der Waals surface area contributed by atoms with Crippen molar-refractivity contribution in [3.05, 3.63) is 35.1 Å². The molecular formula is C12H15FN2O3. The average molecular weight is 254 g/mol. The summed E-state index contributed by atoms with van der Waals surface area (Å²) < 4.78 is 13.7. The second-order valence-corrected chi connectivity index (χ2v) is 4.00. The third-order valence-electron chi connectivity index (χ3n) is 2.76. The third-order valence-corrected chi connectivity index (χ3v) is 2.76. The molecular weight excluding hydrogens is 239 g/mol. The molecule has 98 valence electrons. The summed E-state index contributed by atoms with van der Waals surface area (Å²) in [5.41, 5.74) is -1.11. The van der Waals surface area contributed by atoms with Crippen LogP contribution >= 0.6 is 0 Å². The van der Waals surface area contributed by atoms with Gasteiger partial charge in [-0.25, -0.2) is 4.39 Å². The van der Waals surface area contributed by atoms with E-state index >= 15 is 0 Å². The number of nitrogens with zero attached hydrogens (tertiary/aromatic N) is 1. The number of benzene rings is 1. The number of halogens is 1. The molecule has 1 aromatic rings. The minimum atomic E-state index is -1.27. The van der Waals surface area contributed by atoms with Crippen LogP contribution in [0.5, 0.6) is 0 Å². The molecule has 1 aromatic carbocycles. The zero-order valence-electron chi connectivity index (χ0n) is 9.73. The monoisotopic (exact) mass is 254 g/mol. The van der Waals surface area contributed by atoms with Crippen molar-refractivity contribution < 1.29 is 19.7 Å². The lowest BCUT2D eigenvalue weighted by Gasteiger charge is -2.28. The normalized spacial score (nSPS) is 11.3. The molecule has 0 fully saturated rings. The molecule has 1 rings (SSSR count). The Morgan fingerprint density at radius 3 is 2.33 bits per heavy atom. The second kappa shape index (κ2) is 6.42.